The van der Waals surface area contributed by atoms with Gasteiger partial charge in [0.15, 0.2) is 6.61 Å². The van der Waals surface area contributed by atoms with Crippen LogP contribution in [-0.2, 0) is 11.4 Å². The lowest BCUT2D eigenvalue weighted by Gasteiger charge is -2.07. The largest absolute Gasteiger partial charge is 0.489 e. The van der Waals surface area contributed by atoms with Crippen molar-refractivity contribution in [1.82, 2.24) is 5.43 Å². The highest BCUT2D eigenvalue weighted by Gasteiger charge is 2.06. The summed E-state index contributed by atoms with van der Waals surface area (Å²) < 4.78 is 24.5. The van der Waals surface area contributed by atoms with Gasteiger partial charge in [-0.15, -0.1) is 0 Å². The molecule has 1 N–H and O–H groups in total. The Morgan fingerprint density at radius 1 is 1.03 bits per heavy atom. The molecule has 3 rings (SSSR count). The fourth-order valence-electron chi connectivity index (χ4n) is 2.37. The van der Waals surface area contributed by atoms with Crippen LogP contribution in [0.5, 0.6) is 11.5 Å². The molecular formula is C22H17Cl2FN2O3. The Kier molecular flexibility index (Phi) is 7.65. The molecule has 0 spiro atoms. The first-order chi connectivity index (χ1) is 14.5. The molecule has 0 fully saturated rings. The number of benzene rings is 3. The number of rotatable bonds is 8. The van der Waals surface area contributed by atoms with Gasteiger partial charge in [-0.25, -0.2) is 9.82 Å². The number of halogens is 3. The predicted molar refractivity (Wildman–Crippen MR) is 115 cm³/mol. The maximum absolute atomic E-state index is 13.6. The van der Waals surface area contributed by atoms with E-state index in [1.165, 1.54) is 18.3 Å². The van der Waals surface area contributed by atoms with Crippen molar-refractivity contribution in [3.63, 3.8) is 0 Å². The zero-order valence-corrected chi connectivity index (χ0v) is 17.2. The van der Waals surface area contributed by atoms with Gasteiger partial charge in [-0.3, -0.25) is 4.79 Å². The van der Waals surface area contributed by atoms with Gasteiger partial charge >= 0.3 is 0 Å². The van der Waals surface area contributed by atoms with E-state index in [0.29, 0.717) is 27.1 Å². The van der Waals surface area contributed by atoms with E-state index in [0.717, 1.165) is 5.56 Å². The number of carbonyl (C=O) groups excluding carboxylic acids is 1. The van der Waals surface area contributed by atoms with Gasteiger partial charge in [-0.2, -0.15) is 5.10 Å². The molecule has 0 saturated heterocycles. The average molecular weight is 447 g/mol. The molecule has 30 heavy (non-hydrogen) atoms. The van der Waals surface area contributed by atoms with Gasteiger partial charge in [0, 0.05) is 10.6 Å². The van der Waals surface area contributed by atoms with Crippen LogP contribution in [0.25, 0.3) is 0 Å². The standard InChI is InChI=1S/C22H17Cl2FN2O3/c23-17-7-10-21(19(24)11-17)30-14-22(28)27-26-12-15-5-8-18(9-6-15)29-13-16-3-1-2-4-20(16)25/h1-12H,13-14H2,(H,27,28)/b26-12+. The second kappa shape index (κ2) is 10.6. The number of hydrazone groups is 1. The molecule has 0 aliphatic carbocycles. The first-order valence-corrected chi connectivity index (χ1v) is 9.63. The quantitative estimate of drug-likeness (QED) is 0.380. The molecule has 0 aliphatic rings. The van der Waals surface area contributed by atoms with Gasteiger partial charge in [0.05, 0.1) is 11.2 Å². The van der Waals surface area contributed by atoms with E-state index in [1.54, 1.807) is 54.6 Å². The maximum Gasteiger partial charge on any atom is 0.277 e. The van der Waals surface area contributed by atoms with Crippen LogP contribution in [0.3, 0.4) is 0 Å². The third-order valence-corrected chi connectivity index (χ3v) is 4.42. The van der Waals surface area contributed by atoms with E-state index < -0.39 is 5.91 Å². The molecule has 0 heterocycles. The zero-order valence-electron chi connectivity index (χ0n) is 15.6. The average Bonchev–Trinajstić information content (AvgIpc) is 2.73. The maximum atomic E-state index is 13.6. The SMILES string of the molecule is O=C(COc1ccc(Cl)cc1Cl)N/N=C/c1ccc(OCc2ccccc2F)cc1. The Labute approximate surface area is 183 Å². The van der Waals surface area contributed by atoms with Crippen molar-refractivity contribution in [3.05, 3.63) is 93.7 Å². The number of hydrogen-bond acceptors (Lipinski definition) is 4. The van der Waals surface area contributed by atoms with Crippen molar-refractivity contribution in [2.75, 3.05) is 6.61 Å². The highest BCUT2D eigenvalue weighted by Crippen LogP contribution is 2.27. The van der Waals surface area contributed by atoms with E-state index in [2.05, 4.69) is 10.5 Å². The molecule has 3 aromatic rings. The lowest BCUT2D eigenvalue weighted by atomic mass is 10.2. The van der Waals surface area contributed by atoms with Gasteiger partial charge < -0.3 is 9.47 Å². The molecule has 0 saturated carbocycles. The minimum absolute atomic E-state index is 0.133. The summed E-state index contributed by atoms with van der Waals surface area (Å²) in [6, 6.07) is 18.1. The van der Waals surface area contributed by atoms with E-state index in [-0.39, 0.29) is 19.0 Å². The predicted octanol–water partition coefficient (Wildman–Crippen LogP) is 5.24. The summed E-state index contributed by atoms with van der Waals surface area (Å²) in [6.45, 7) is -0.116. The summed E-state index contributed by atoms with van der Waals surface area (Å²) in [4.78, 5) is 11.8. The Morgan fingerprint density at radius 2 is 1.80 bits per heavy atom. The summed E-state index contributed by atoms with van der Waals surface area (Å²) in [5.41, 5.74) is 3.59. The number of carbonyl (C=O) groups is 1. The van der Waals surface area contributed by atoms with Gasteiger partial charge in [-0.1, -0.05) is 41.4 Å². The second-order valence-electron chi connectivity index (χ2n) is 6.11. The minimum atomic E-state index is -0.442. The smallest absolute Gasteiger partial charge is 0.277 e. The molecule has 0 bridgehead atoms. The van der Waals surface area contributed by atoms with E-state index >= 15 is 0 Å². The van der Waals surface area contributed by atoms with Crippen molar-refractivity contribution in [3.8, 4) is 11.5 Å². The molecule has 0 aromatic heterocycles. The Bertz CT molecular complexity index is 1040. The Morgan fingerprint density at radius 3 is 2.53 bits per heavy atom. The topological polar surface area (TPSA) is 59.9 Å². The summed E-state index contributed by atoms with van der Waals surface area (Å²) in [5.74, 6) is 0.195. The second-order valence-corrected chi connectivity index (χ2v) is 6.95. The van der Waals surface area contributed by atoms with Crippen LogP contribution in [-0.4, -0.2) is 18.7 Å². The molecule has 0 unspecified atom stereocenters. The van der Waals surface area contributed by atoms with Crippen LogP contribution in [0, 0.1) is 5.82 Å². The number of nitrogens with one attached hydrogen (secondary N) is 1. The molecule has 0 radical (unpaired) electrons. The molecule has 5 nitrogen and oxygen atoms in total. The van der Waals surface area contributed by atoms with Crippen LogP contribution < -0.4 is 14.9 Å². The number of hydrogen-bond donors (Lipinski definition) is 1. The summed E-state index contributed by atoms with van der Waals surface area (Å²) in [7, 11) is 0. The first kappa shape index (κ1) is 21.6. The molecule has 1 amide bonds. The lowest BCUT2D eigenvalue weighted by molar-refractivity contribution is -0.123. The number of amides is 1. The van der Waals surface area contributed by atoms with Gasteiger partial charge in [0.25, 0.3) is 5.91 Å². The number of ether oxygens (including phenoxy) is 2. The van der Waals surface area contributed by atoms with Gasteiger partial charge in [-0.05, 0) is 54.1 Å². The third kappa shape index (κ3) is 6.47. The van der Waals surface area contributed by atoms with Crippen molar-refractivity contribution in [2.24, 2.45) is 5.10 Å². The molecule has 154 valence electrons. The third-order valence-electron chi connectivity index (χ3n) is 3.89. The van der Waals surface area contributed by atoms with Crippen LogP contribution in [0.2, 0.25) is 10.0 Å². The summed E-state index contributed by atoms with van der Waals surface area (Å²) in [5, 5.41) is 4.67. The fraction of sp³-hybridized carbons (Fsp3) is 0.0909. The molecule has 0 atom stereocenters. The fourth-order valence-corrected chi connectivity index (χ4v) is 2.84. The molecule has 3 aromatic carbocycles. The monoisotopic (exact) mass is 446 g/mol. The van der Waals surface area contributed by atoms with Crippen LogP contribution in [0.15, 0.2) is 71.8 Å². The summed E-state index contributed by atoms with van der Waals surface area (Å²) in [6.07, 6.45) is 1.48. The van der Waals surface area contributed by atoms with Crippen molar-refractivity contribution < 1.29 is 18.7 Å². The van der Waals surface area contributed by atoms with Crippen molar-refractivity contribution in [2.45, 2.75) is 6.61 Å². The van der Waals surface area contributed by atoms with Crippen molar-refractivity contribution >= 4 is 35.3 Å². The van der Waals surface area contributed by atoms with Crippen LogP contribution >= 0.6 is 23.2 Å². The Hall–Kier alpha value is -3.09. The first-order valence-electron chi connectivity index (χ1n) is 8.87. The highest BCUT2D eigenvalue weighted by molar-refractivity contribution is 6.35. The van der Waals surface area contributed by atoms with E-state index in [1.807, 2.05) is 0 Å². The van der Waals surface area contributed by atoms with Crippen LogP contribution in [0.4, 0.5) is 4.39 Å². The molecule has 0 aliphatic heterocycles. The Balaban J connectivity index is 1.44. The zero-order chi connectivity index (χ0) is 21.3. The molecular weight excluding hydrogens is 430 g/mol. The summed E-state index contributed by atoms with van der Waals surface area (Å²) >= 11 is 11.8. The highest BCUT2D eigenvalue weighted by atomic mass is 35.5. The van der Waals surface area contributed by atoms with E-state index in [4.69, 9.17) is 32.7 Å². The lowest BCUT2D eigenvalue weighted by Crippen LogP contribution is -2.24. The van der Waals surface area contributed by atoms with E-state index in [9.17, 15) is 9.18 Å². The van der Waals surface area contributed by atoms with Crippen molar-refractivity contribution in [1.29, 1.82) is 0 Å². The molecule has 8 heteroatoms. The van der Waals surface area contributed by atoms with Gasteiger partial charge in [0.1, 0.15) is 23.9 Å². The van der Waals surface area contributed by atoms with Gasteiger partial charge in [0.2, 0.25) is 0 Å². The van der Waals surface area contributed by atoms with Crippen LogP contribution in [0.1, 0.15) is 11.1 Å². The number of nitrogens with zero attached hydrogens (tertiary/aromatic N) is 1. The minimum Gasteiger partial charge on any atom is -0.489 e. The normalized spacial score (nSPS) is 10.8.